The minimum atomic E-state index is -4.96. The van der Waals surface area contributed by atoms with Crippen LogP contribution in [-0.4, -0.2) is 59.2 Å². The predicted molar refractivity (Wildman–Crippen MR) is 125 cm³/mol. The van der Waals surface area contributed by atoms with Gasteiger partial charge in [0.2, 0.25) is 5.91 Å². The van der Waals surface area contributed by atoms with Gasteiger partial charge in [0.05, 0.1) is 5.52 Å². The zero-order valence-electron chi connectivity index (χ0n) is 19.8. The lowest BCUT2D eigenvalue weighted by molar-refractivity contribution is -0.271. The van der Waals surface area contributed by atoms with Crippen molar-refractivity contribution < 1.29 is 27.5 Å². The lowest BCUT2D eigenvalue weighted by Crippen LogP contribution is -2.60. The van der Waals surface area contributed by atoms with Crippen molar-refractivity contribution in [1.29, 1.82) is 0 Å². The number of carbonyl (C=O) groups is 2. The van der Waals surface area contributed by atoms with Gasteiger partial charge in [-0.25, -0.2) is 4.52 Å². The van der Waals surface area contributed by atoms with Crippen LogP contribution in [0.5, 0.6) is 0 Å². The number of aromatic nitrogens is 2. The highest BCUT2D eigenvalue weighted by Crippen LogP contribution is 2.50. The van der Waals surface area contributed by atoms with Crippen LogP contribution >= 0.6 is 0 Å². The van der Waals surface area contributed by atoms with Crippen LogP contribution in [0.25, 0.3) is 5.52 Å². The number of pyridine rings is 1. The van der Waals surface area contributed by atoms with E-state index in [9.17, 15) is 22.8 Å². The molecule has 7 nitrogen and oxygen atoms in total. The number of amides is 2. The summed E-state index contributed by atoms with van der Waals surface area (Å²) in [5.41, 5.74) is -2.00. The molecular formula is C26H27F3N4O3. The third-order valence-corrected chi connectivity index (χ3v) is 7.80. The summed E-state index contributed by atoms with van der Waals surface area (Å²) in [5.74, 6) is -1.33. The summed E-state index contributed by atoms with van der Waals surface area (Å²) < 4.78 is 50.1. The number of piperidine rings is 2. The average Bonchev–Trinajstić information content (AvgIpc) is 3.35. The Morgan fingerprint density at radius 1 is 1.08 bits per heavy atom. The Hall–Kier alpha value is -3.40. The van der Waals surface area contributed by atoms with Gasteiger partial charge in [-0.15, -0.1) is 0 Å². The molecule has 36 heavy (non-hydrogen) atoms. The van der Waals surface area contributed by atoms with Gasteiger partial charge < -0.3 is 15.0 Å². The molecule has 0 bridgehead atoms. The molecule has 4 heterocycles. The van der Waals surface area contributed by atoms with Crippen LogP contribution in [0.1, 0.15) is 36.4 Å². The molecule has 2 atom stereocenters. The van der Waals surface area contributed by atoms with Crippen LogP contribution in [0.3, 0.4) is 0 Å². The minimum absolute atomic E-state index is 0.0890. The van der Waals surface area contributed by atoms with E-state index in [-0.39, 0.29) is 36.9 Å². The maximum absolute atomic E-state index is 14.4. The largest absolute Gasteiger partial charge is 0.430 e. The first-order valence-corrected chi connectivity index (χ1v) is 11.9. The Morgan fingerprint density at radius 3 is 2.47 bits per heavy atom. The zero-order valence-corrected chi connectivity index (χ0v) is 19.8. The number of nitrogens with one attached hydrogen (secondary N) is 1. The van der Waals surface area contributed by atoms with Gasteiger partial charge in [0, 0.05) is 56.5 Å². The third-order valence-electron chi connectivity index (χ3n) is 7.80. The van der Waals surface area contributed by atoms with Crippen molar-refractivity contribution in [3.05, 3.63) is 72.1 Å². The lowest BCUT2D eigenvalue weighted by Gasteiger charge is -2.50. The number of alkyl halides is 3. The first kappa shape index (κ1) is 24.3. The van der Waals surface area contributed by atoms with Gasteiger partial charge in [0.1, 0.15) is 0 Å². The third kappa shape index (κ3) is 3.75. The van der Waals surface area contributed by atoms with Crippen molar-refractivity contribution >= 4 is 17.3 Å². The molecular weight excluding hydrogens is 473 g/mol. The fourth-order valence-corrected chi connectivity index (χ4v) is 5.90. The smallest absolute Gasteiger partial charge is 0.356 e. The van der Waals surface area contributed by atoms with Crippen LogP contribution in [0.2, 0.25) is 0 Å². The number of rotatable bonds is 4. The van der Waals surface area contributed by atoms with E-state index < -0.39 is 23.1 Å². The molecule has 2 fully saturated rings. The molecule has 2 aliphatic rings. The van der Waals surface area contributed by atoms with E-state index >= 15 is 0 Å². The van der Waals surface area contributed by atoms with Crippen molar-refractivity contribution in [1.82, 2.24) is 19.8 Å². The highest BCUT2D eigenvalue weighted by atomic mass is 19.4. The molecule has 1 N–H and O–H groups in total. The zero-order chi connectivity index (χ0) is 25.6. The van der Waals surface area contributed by atoms with E-state index in [2.05, 4.69) is 10.4 Å². The number of carbonyl (C=O) groups excluding carboxylic acids is 2. The van der Waals surface area contributed by atoms with Crippen molar-refractivity contribution in [2.75, 3.05) is 26.7 Å². The molecule has 0 aliphatic carbocycles. The van der Waals surface area contributed by atoms with Crippen LogP contribution < -0.4 is 5.32 Å². The molecule has 0 radical (unpaired) electrons. The highest BCUT2D eigenvalue weighted by molar-refractivity contribution is 5.88. The number of hydrogen-bond donors (Lipinski definition) is 1. The van der Waals surface area contributed by atoms with Crippen molar-refractivity contribution in [3.63, 3.8) is 0 Å². The molecule has 1 aromatic carbocycles. The van der Waals surface area contributed by atoms with Crippen LogP contribution in [0.4, 0.5) is 13.2 Å². The SMILES string of the molecule is CO[C@@](C(=O)N1CCC2(CC1)CC(=O)NC[C@H]2c1cccc2ccnn12)(c1ccccc1)C(F)(F)F. The highest BCUT2D eigenvalue weighted by Gasteiger charge is 2.64. The summed E-state index contributed by atoms with van der Waals surface area (Å²) >= 11 is 0. The first-order chi connectivity index (χ1) is 17.2. The van der Waals surface area contributed by atoms with Crippen LogP contribution in [0, 0.1) is 5.41 Å². The number of methoxy groups -OCH3 is 1. The van der Waals surface area contributed by atoms with E-state index in [0.29, 0.717) is 19.4 Å². The van der Waals surface area contributed by atoms with Crippen molar-refractivity contribution in [3.8, 4) is 0 Å². The maximum atomic E-state index is 14.4. The number of halogens is 3. The van der Waals surface area contributed by atoms with Crippen molar-refractivity contribution in [2.45, 2.75) is 37.0 Å². The van der Waals surface area contributed by atoms with E-state index in [4.69, 9.17) is 4.74 Å². The molecule has 1 spiro atoms. The van der Waals surface area contributed by atoms with E-state index in [1.54, 1.807) is 12.3 Å². The molecule has 190 valence electrons. The molecule has 10 heteroatoms. The van der Waals surface area contributed by atoms with Gasteiger partial charge in [-0.1, -0.05) is 36.4 Å². The Balaban J connectivity index is 1.46. The lowest BCUT2D eigenvalue weighted by atomic mass is 9.63. The van der Waals surface area contributed by atoms with Gasteiger partial charge in [-0.2, -0.15) is 18.3 Å². The standard InChI is InChI=1S/C26H27F3N4O3/c1-36-25(26(27,28)29,18-6-3-2-4-7-18)23(35)32-14-11-24(12-15-32)16-22(34)30-17-20(24)21-9-5-8-19-10-13-31-33(19)21/h2-10,13,20H,11-12,14-17H2,1H3,(H,30,34)/t20-,25+/m0/s1. The topological polar surface area (TPSA) is 75.9 Å². The van der Waals surface area contributed by atoms with Gasteiger partial charge in [0.25, 0.3) is 11.5 Å². The van der Waals surface area contributed by atoms with Crippen LogP contribution in [0.15, 0.2) is 60.8 Å². The normalized spacial score (nSPS) is 21.8. The summed E-state index contributed by atoms with van der Waals surface area (Å²) in [6.45, 7) is 0.581. The summed E-state index contributed by atoms with van der Waals surface area (Å²) in [5, 5.41) is 7.37. The number of benzene rings is 1. The minimum Gasteiger partial charge on any atom is -0.356 e. The molecule has 5 rings (SSSR count). The van der Waals surface area contributed by atoms with Gasteiger partial charge in [-0.05, 0) is 36.5 Å². The number of fused-ring (bicyclic) bond motifs is 1. The van der Waals surface area contributed by atoms with E-state index in [1.807, 2.05) is 28.8 Å². The molecule has 0 unspecified atom stereocenters. The second-order valence-electron chi connectivity index (χ2n) is 9.56. The molecule has 2 amide bonds. The summed E-state index contributed by atoms with van der Waals surface area (Å²) in [4.78, 5) is 27.2. The maximum Gasteiger partial charge on any atom is 0.430 e. The molecule has 2 aromatic heterocycles. The number of likely N-dealkylation sites (tertiary alicyclic amines) is 1. The Labute approximate surface area is 206 Å². The number of nitrogens with zero attached hydrogens (tertiary/aromatic N) is 3. The molecule has 2 aliphatic heterocycles. The van der Waals surface area contributed by atoms with Gasteiger partial charge in [-0.3, -0.25) is 9.59 Å². The summed E-state index contributed by atoms with van der Waals surface area (Å²) in [6.07, 6.45) is -2.23. The average molecular weight is 501 g/mol. The van der Waals surface area contributed by atoms with Crippen molar-refractivity contribution in [2.24, 2.45) is 5.41 Å². The Kier molecular flexibility index (Phi) is 6.02. The summed E-state index contributed by atoms with van der Waals surface area (Å²) in [7, 11) is 0.913. The molecule has 0 saturated carbocycles. The predicted octanol–water partition coefficient (Wildman–Crippen LogP) is 3.65. The first-order valence-electron chi connectivity index (χ1n) is 11.9. The van der Waals surface area contributed by atoms with E-state index in [1.165, 1.54) is 29.2 Å². The fourth-order valence-electron chi connectivity index (χ4n) is 5.90. The molecule has 2 saturated heterocycles. The quantitative estimate of drug-likeness (QED) is 0.594. The Bertz CT molecular complexity index is 1270. The van der Waals surface area contributed by atoms with Gasteiger partial charge in [0.15, 0.2) is 0 Å². The second-order valence-corrected chi connectivity index (χ2v) is 9.56. The number of ether oxygens (including phenoxy) is 1. The second kappa shape index (κ2) is 8.92. The Morgan fingerprint density at radius 2 is 1.81 bits per heavy atom. The monoisotopic (exact) mass is 500 g/mol. The number of hydrogen-bond acceptors (Lipinski definition) is 4. The summed E-state index contributed by atoms with van der Waals surface area (Å²) in [6, 6.07) is 14.7. The molecule has 3 aromatic rings. The van der Waals surface area contributed by atoms with Crippen LogP contribution in [-0.2, 0) is 19.9 Å². The van der Waals surface area contributed by atoms with E-state index in [0.717, 1.165) is 18.3 Å². The van der Waals surface area contributed by atoms with Gasteiger partial charge >= 0.3 is 6.18 Å². The fraction of sp³-hybridized carbons (Fsp3) is 0.423.